The van der Waals surface area contributed by atoms with Crippen LogP contribution in [0.5, 0.6) is 5.75 Å². The summed E-state index contributed by atoms with van der Waals surface area (Å²) in [5.41, 5.74) is 1.17. The molecule has 4 atom stereocenters. The van der Waals surface area contributed by atoms with Gasteiger partial charge in [0, 0.05) is 15.6 Å². The second-order valence-corrected chi connectivity index (χ2v) is 14.0. The van der Waals surface area contributed by atoms with Gasteiger partial charge in [-0.05, 0) is 89.7 Å². The van der Waals surface area contributed by atoms with Gasteiger partial charge in [0.2, 0.25) is 11.8 Å². The summed E-state index contributed by atoms with van der Waals surface area (Å²) in [5.74, 6) is -3.64. The summed E-state index contributed by atoms with van der Waals surface area (Å²) in [6.07, 6.45) is 0. The zero-order valence-electron chi connectivity index (χ0n) is 27.7. The Morgan fingerprint density at radius 2 is 1.12 bits per heavy atom. The smallest absolute Gasteiger partial charge is 0.239 e. The number of ether oxygens (including phenoxy) is 1. The number of amides is 2. The van der Waals surface area contributed by atoms with Gasteiger partial charge in [0.25, 0.3) is 0 Å². The fourth-order valence-corrected chi connectivity index (χ4v) is 9.04. The largest absolute Gasteiger partial charge is 0.492 e. The quantitative estimate of drug-likeness (QED) is 0.119. The van der Waals surface area contributed by atoms with Crippen LogP contribution in [-0.4, -0.2) is 30.0 Å². The Morgan fingerprint density at radius 1 is 0.667 bits per heavy atom. The van der Waals surface area contributed by atoms with E-state index < -0.39 is 34.5 Å². The third-order valence-electron chi connectivity index (χ3n) is 10.6. The predicted octanol–water partition coefficient (Wildman–Crippen LogP) is 8.78. The molecule has 2 fully saturated rings. The Kier molecular flexibility index (Phi) is 7.86. The first-order chi connectivity index (χ1) is 24.7. The molecule has 1 saturated carbocycles. The first-order valence-electron chi connectivity index (χ1n) is 16.8. The van der Waals surface area contributed by atoms with Crippen molar-refractivity contribution >= 4 is 63.4 Å². The van der Waals surface area contributed by atoms with Crippen molar-refractivity contribution in [2.75, 3.05) is 11.5 Å². The molecular formula is C43H31Cl2NO5. The van der Waals surface area contributed by atoms with Gasteiger partial charge in [0.05, 0.1) is 35.0 Å². The number of nitrogens with zero attached hydrogens (tertiary/aromatic N) is 1. The molecule has 0 N–H and O–H groups in total. The van der Waals surface area contributed by atoms with Crippen molar-refractivity contribution in [3.05, 3.63) is 165 Å². The predicted molar refractivity (Wildman–Crippen MR) is 198 cm³/mol. The number of anilines is 1. The number of benzene rings is 5. The van der Waals surface area contributed by atoms with E-state index in [-0.39, 0.29) is 29.6 Å². The highest BCUT2D eigenvalue weighted by Crippen LogP contribution is 2.74. The molecule has 0 radical (unpaired) electrons. The summed E-state index contributed by atoms with van der Waals surface area (Å²) in [6, 6.07) is 37.9. The lowest BCUT2D eigenvalue weighted by atomic mass is 9.59. The van der Waals surface area contributed by atoms with Gasteiger partial charge < -0.3 is 4.74 Å². The van der Waals surface area contributed by atoms with Crippen LogP contribution in [0.1, 0.15) is 46.5 Å². The SMILES string of the molecule is CCOc1ccc(C(C)=O)cc1N1C(=O)[C@@H]2[C@@H](C1=O)[C@@]1(c3ccc(Cl)cc3)C(=O)[C@@]2(c2ccc(Cl)cc2)C(c2ccccc2)=C1c1ccccc1. The Bertz CT molecular complexity index is 2160. The van der Waals surface area contributed by atoms with E-state index in [2.05, 4.69) is 0 Å². The normalized spacial score (nSPS) is 23.6. The van der Waals surface area contributed by atoms with Crippen molar-refractivity contribution in [2.45, 2.75) is 24.7 Å². The minimum absolute atomic E-state index is 0.167. The summed E-state index contributed by atoms with van der Waals surface area (Å²) < 4.78 is 5.96. The number of ketones is 2. The number of carbonyl (C=O) groups is 4. The lowest BCUT2D eigenvalue weighted by molar-refractivity contribution is -0.130. The van der Waals surface area contributed by atoms with E-state index in [4.69, 9.17) is 27.9 Å². The molecule has 3 aliphatic rings. The lowest BCUT2D eigenvalue weighted by Crippen LogP contribution is -2.45. The Morgan fingerprint density at radius 3 is 1.53 bits per heavy atom. The molecule has 51 heavy (non-hydrogen) atoms. The Hall–Kier alpha value is -5.30. The zero-order chi connectivity index (χ0) is 35.7. The summed E-state index contributed by atoms with van der Waals surface area (Å²) >= 11 is 12.9. The first kappa shape index (κ1) is 32.9. The number of rotatable bonds is 8. The maximum absolute atomic E-state index is 16.1. The summed E-state index contributed by atoms with van der Waals surface area (Å²) in [5, 5.41) is 0.927. The molecule has 8 rings (SSSR count). The van der Waals surface area contributed by atoms with Crippen LogP contribution in [0.15, 0.2) is 127 Å². The monoisotopic (exact) mass is 711 g/mol. The van der Waals surface area contributed by atoms with E-state index >= 15 is 14.4 Å². The number of carbonyl (C=O) groups excluding carboxylic acids is 4. The molecule has 0 aromatic heterocycles. The van der Waals surface area contributed by atoms with E-state index in [9.17, 15) is 4.79 Å². The number of allylic oxidation sites excluding steroid dienone is 2. The number of hydrogen-bond donors (Lipinski definition) is 0. The van der Waals surface area contributed by atoms with E-state index in [1.807, 2.05) is 60.7 Å². The van der Waals surface area contributed by atoms with Crippen molar-refractivity contribution in [2.24, 2.45) is 11.8 Å². The van der Waals surface area contributed by atoms with Crippen LogP contribution in [0.4, 0.5) is 5.69 Å². The fourth-order valence-electron chi connectivity index (χ4n) is 8.78. The topological polar surface area (TPSA) is 80.8 Å². The highest BCUT2D eigenvalue weighted by Gasteiger charge is 2.83. The highest BCUT2D eigenvalue weighted by atomic mass is 35.5. The molecule has 6 nitrogen and oxygen atoms in total. The van der Waals surface area contributed by atoms with Crippen LogP contribution in [0.25, 0.3) is 11.1 Å². The number of hydrogen-bond acceptors (Lipinski definition) is 5. The van der Waals surface area contributed by atoms with Crippen molar-refractivity contribution in [3.63, 3.8) is 0 Å². The molecule has 0 unspecified atom stereocenters. The van der Waals surface area contributed by atoms with Gasteiger partial charge in [-0.25, -0.2) is 4.90 Å². The van der Waals surface area contributed by atoms with Crippen LogP contribution in [-0.2, 0) is 25.2 Å². The van der Waals surface area contributed by atoms with Crippen LogP contribution in [0, 0.1) is 11.8 Å². The molecule has 5 aromatic carbocycles. The first-order valence-corrected chi connectivity index (χ1v) is 17.5. The zero-order valence-corrected chi connectivity index (χ0v) is 29.2. The molecule has 5 aromatic rings. The van der Waals surface area contributed by atoms with E-state index in [0.717, 1.165) is 16.0 Å². The molecule has 252 valence electrons. The molecule has 8 heteroatoms. The minimum Gasteiger partial charge on any atom is -0.492 e. The van der Waals surface area contributed by atoms with Crippen molar-refractivity contribution in [1.29, 1.82) is 0 Å². The second-order valence-electron chi connectivity index (χ2n) is 13.1. The van der Waals surface area contributed by atoms with Crippen LogP contribution >= 0.6 is 23.2 Å². The van der Waals surface area contributed by atoms with Crippen molar-refractivity contribution in [1.82, 2.24) is 0 Å². The van der Waals surface area contributed by atoms with Crippen molar-refractivity contribution in [3.8, 4) is 5.75 Å². The third-order valence-corrected chi connectivity index (χ3v) is 11.1. The minimum atomic E-state index is -1.62. The Labute approximate surface area is 305 Å². The second kappa shape index (κ2) is 12.2. The van der Waals surface area contributed by atoms with E-state index in [0.29, 0.717) is 37.9 Å². The van der Waals surface area contributed by atoms with E-state index in [1.165, 1.54) is 13.0 Å². The number of imide groups is 1. The van der Waals surface area contributed by atoms with Gasteiger partial charge in [-0.3, -0.25) is 19.2 Å². The number of Topliss-reactive ketones (excluding diaryl/α,β-unsaturated/α-hetero) is 2. The van der Waals surface area contributed by atoms with Gasteiger partial charge in [-0.15, -0.1) is 0 Å². The van der Waals surface area contributed by atoms with E-state index in [1.54, 1.807) is 67.6 Å². The number of fused-ring (bicyclic) bond motifs is 5. The molecule has 1 saturated heterocycles. The molecular weight excluding hydrogens is 681 g/mol. The molecule has 1 heterocycles. The standard InChI is InChI=1S/C43H31Cl2NO5/c1-3-51-34-23-14-28(25(2)47)24-33(34)46-39(48)37-38(40(46)49)43(30-17-21-32(45)22-18-30)36(27-12-8-5-9-13-27)35(26-10-6-4-7-11-26)42(37,41(43)50)29-15-19-31(44)20-16-29/h4-24,37-38H,3H2,1-2H3/t37-,38-,42-,43-/m0/s1. The van der Waals surface area contributed by atoms with Crippen LogP contribution < -0.4 is 9.64 Å². The lowest BCUT2D eigenvalue weighted by Gasteiger charge is -2.39. The molecule has 0 spiro atoms. The number of halogens is 2. The molecule has 2 aliphatic carbocycles. The summed E-state index contributed by atoms with van der Waals surface area (Å²) in [6.45, 7) is 3.49. The molecule has 2 bridgehead atoms. The van der Waals surface area contributed by atoms with Crippen LogP contribution in [0.3, 0.4) is 0 Å². The maximum atomic E-state index is 16.1. The third kappa shape index (κ3) is 4.49. The van der Waals surface area contributed by atoms with Gasteiger partial charge in [0.15, 0.2) is 11.6 Å². The van der Waals surface area contributed by atoms with Gasteiger partial charge >= 0.3 is 0 Å². The summed E-state index contributed by atoms with van der Waals surface area (Å²) in [7, 11) is 0. The van der Waals surface area contributed by atoms with Gasteiger partial charge in [-0.1, -0.05) is 108 Å². The molecule has 2 amide bonds. The summed E-state index contributed by atoms with van der Waals surface area (Å²) in [4.78, 5) is 60.7. The average Bonchev–Trinajstić information content (AvgIpc) is 3.65. The average molecular weight is 713 g/mol. The van der Waals surface area contributed by atoms with Gasteiger partial charge in [0.1, 0.15) is 5.75 Å². The Balaban J connectivity index is 1.53. The fraction of sp³-hybridized carbons (Fsp3) is 0.163. The molecule has 1 aliphatic heterocycles. The van der Waals surface area contributed by atoms with Gasteiger partial charge in [-0.2, -0.15) is 0 Å². The van der Waals surface area contributed by atoms with Crippen molar-refractivity contribution < 1.29 is 23.9 Å². The van der Waals surface area contributed by atoms with Crippen LogP contribution in [0.2, 0.25) is 10.0 Å². The highest BCUT2D eigenvalue weighted by molar-refractivity contribution is 6.39. The maximum Gasteiger partial charge on any atom is 0.239 e.